The summed E-state index contributed by atoms with van der Waals surface area (Å²) in [6.45, 7) is 4.11. The van der Waals surface area contributed by atoms with Crippen LogP contribution in [-0.4, -0.2) is 42.0 Å². The highest BCUT2D eigenvalue weighted by molar-refractivity contribution is 5.98. The summed E-state index contributed by atoms with van der Waals surface area (Å²) in [6.07, 6.45) is 0.507. The molecule has 1 aromatic carbocycles. The maximum Gasteiger partial charge on any atom is 0.324 e. The van der Waals surface area contributed by atoms with Gasteiger partial charge in [0.2, 0.25) is 0 Å². The molecule has 2 aromatic rings. The van der Waals surface area contributed by atoms with Gasteiger partial charge < -0.3 is 14.5 Å². The number of hydrogen-bond donors (Lipinski definition) is 1. The van der Waals surface area contributed by atoms with Crippen molar-refractivity contribution in [3.63, 3.8) is 0 Å². The Bertz CT molecular complexity index is 810. The Balaban J connectivity index is 1.64. The maximum atomic E-state index is 12.1. The Kier molecular flexibility index (Phi) is 4.24. The number of urea groups is 1. The molecular formula is C17H18N2O5. The molecule has 1 fully saturated rings. The van der Waals surface area contributed by atoms with E-state index >= 15 is 0 Å². The van der Waals surface area contributed by atoms with Crippen LogP contribution in [-0.2, 0) is 20.7 Å². The Hall–Kier alpha value is -2.83. The Morgan fingerprint density at radius 3 is 2.92 bits per heavy atom. The molecule has 7 nitrogen and oxygen atoms in total. The highest BCUT2D eigenvalue weighted by atomic mass is 16.5. The average molecular weight is 330 g/mol. The molecule has 1 aliphatic heterocycles. The number of furan rings is 1. The van der Waals surface area contributed by atoms with Gasteiger partial charge in [-0.05, 0) is 25.5 Å². The third-order valence-electron chi connectivity index (χ3n) is 3.92. The minimum atomic E-state index is -1.01. The van der Waals surface area contributed by atoms with E-state index in [9.17, 15) is 14.4 Å². The third-order valence-corrected chi connectivity index (χ3v) is 3.92. The van der Waals surface area contributed by atoms with E-state index < -0.39 is 24.0 Å². The molecule has 1 aromatic heterocycles. The lowest BCUT2D eigenvalue weighted by Gasteiger charge is -2.18. The summed E-state index contributed by atoms with van der Waals surface area (Å²) in [4.78, 5) is 36.7. The number of hydrogen-bond acceptors (Lipinski definition) is 5. The average Bonchev–Trinajstić information content (AvgIpc) is 3.12. The van der Waals surface area contributed by atoms with Crippen molar-refractivity contribution in [1.29, 1.82) is 0 Å². The molecular weight excluding hydrogens is 312 g/mol. The molecule has 3 rings (SSSR count). The molecule has 3 amide bonds. The molecule has 0 bridgehead atoms. The summed E-state index contributed by atoms with van der Waals surface area (Å²) in [7, 11) is 0. The number of carbonyl (C=O) groups is 3. The number of esters is 1. The van der Waals surface area contributed by atoms with Crippen LogP contribution in [0.25, 0.3) is 11.0 Å². The number of benzene rings is 1. The Labute approximate surface area is 138 Å². The van der Waals surface area contributed by atoms with Crippen LogP contribution in [0.1, 0.15) is 18.1 Å². The van der Waals surface area contributed by atoms with Crippen molar-refractivity contribution >= 4 is 28.9 Å². The summed E-state index contributed by atoms with van der Waals surface area (Å²) in [5.74, 6) is -1.07. The number of nitrogens with zero attached hydrogens (tertiary/aromatic N) is 1. The van der Waals surface area contributed by atoms with E-state index in [2.05, 4.69) is 5.32 Å². The predicted octanol–water partition coefficient (Wildman–Crippen LogP) is 1.77. The van der Waals surface area contributed by atoms with Crippen molar-refractivity contribution in [1.82, 2.24) is 10.2 Å². The van der Waals surface area contributed by atoms with Gasteiger partial charge in [0.25, 0.3) is 5.91 Å². The molecule has 0 unspecified atom stereocenters. The topological polar surface area (TPSA) is 88.9 Å². The van der Waals surface area contributed by atoms with Crippen LogP contribution in [0.15, 0.2) is 28.9 Å². The van der Waals surface area contributed by atoms with Crippen LogP contribution < -0.4 is 5.32 Å². The number of imide groups is 1. The summed E-state index contributed by atoms with van der Waals surface area (Å²) in [5, 5.41) is 3.38. The van der Waals surface area contributed by atoms with E-state index in [1.54, 1.807) is 0 Å². The molecule has 1 saturated heterocycles. The fourth-order valence-corrected chi connectivity index (χ4v) is 2.67. The van der Waals surface area contributed by atoms with Crippen LogP contribution in [0, 0.1) is 6.92 Å². The first kappa shape index (κ1) is 16.0. The molecule has 1 atom stereocenters. The van der Waals surface area contributed by atoms with Crippen LogP contribution >= 0.6 is 0 Å². The van der Waals surface area contributed by atoms with E-state index in [1.165, 1.54) is 13.2 Å². The largest absolute Gasteiger partial charge is 0.464 e. The molecule has 0 aliphatic carbocycles. The second kappa shape index (κ2) is 6.35. The molecule has 0 spiro atoms. The first-order valence-electron chi connectivity index (χ1n) is 7.71. The minimum absolute atomic E-state index is 0.000122. The minimum Gasteiger partial charge on any atom is -0.464 e. The highest BCUT2D eigenvalue weighted by Crippen LogP contribution is 2.23. The number of amides is 3. The molecule has 24 heavy (non-hydrogen) atoms. The number of aryl methyl sites for hydroxylation is 1. The van der Waals surface area contributed by atoms with Gasteiger partial charge in [-0.3, -0.25) is 14.5 Å². The number of ether oxygens (including phenoxy) is 1. The second-order valence-electron chi connectivity index (χ2n) is 5.79. The third kappa shape index (κ3) is 3.10. The lowest BCUT2D eigenvalue weighted by Crippen LogP contribution is -2.42. The highest BCUT2D eigenvalue weighted by Gasteiger charge is 2.31. The second-order valence-corrected chi connectivity index (χ2v) is 5.79. The first-order valence-corrected chi connectivity index (χ1v) is 7.71. The zero-order valence-electron chi connectivity index (χ0n) is 13.5. The van der Waals surface area contributed by atoms with Crippen molar-refractivity contribution in [2.24, 2.45) is 0 Å². The first-order chi connectivity index (χ1) is 11.5. The Morgan fingerprint density at radius 2 is 2.21 bits per heavy atom. The normalized spacial score (nSPS) is 15.4. The van der Waals surface area contributed by atoms with Gasteiger partial charge in [0, 0.05) is 24.0 Å². The summed E-state index contributed by atoms with van der Waals surface area (Å²) in [5.41, 5.74) is 2.47. The molecule has 0 saturated carbocycles. The van der Waals surface area contributed by atoms with Crippen molar-refractivity contribution in [3.05, 3.63) is 35.6 Å². The van der Waals surface area contributed by atoms with Crippen LogP contribution in [0.2, 0.25) is 0 Å². The van der Waals surface area contributed by atoms with Crippen molar-refractivity contribution in [2.45, 2.75) is 26.4 Å². The van der Waals surface area contributed by atoms with Gasteiger partial charge >= 0.3 is 12.0 Å². The lowest BCUT2D eigenvalue weighted by atomic mass is 10.1. The number of fused-ring (bicyclic) bond motifs is 1. The fraction of sp³-hybridized carbons (Fsp3) is 0.353. The monoisotopic (exact) mass is 330 g/mol. The number of nitrogens with one attached hydrogen (secondary N) is 1. The van der Waals surface area contributed by atoms with Crippen molar-refractivity contribution < 1.29 is 23.5 Å². The summed E-state index contributed by atoms with van der Waals surface area (Å²) in [6, 6.07) is 5.26. The molecule has 1 aliphatic rings. The molecule has 7 heteroatoms. The van der Waals surface area contributed by atoms with Gasteiger partial charge in [0.15, 0.2) is 6.10 Å². The van der Waals surface area contributed by atoms with Gasteiger partial charge in [0.1, 0.15) is 5.58 Å². The quantitative estimate of drug-likeness (QED) is 0.863. The van der Waals surface area contributed by atoms with Gasteiger partial charge in [-0.25, -0.2) is 4.79 Å². The summed E-state index contributed by atoms with van der Waals surface area (Å²) >= 11 is 0. The van der Waals surface area contributed by atoms with E-state index in [0.29, 0.717) is 17.7 Å². The van der Waals surface area contributed by atoms with Crippen molar-refractivity contribution in [3.8, 4) is 0 Å². The van der Waals surface area contributed by atoms with Gasteiger partial charge in [0.05, 0.1) is 12.7 Å². The van der Waals surface area contributed by atoms with E-state index in [0.717, 1.165) is 15.8 Å². The number of carbonyl (C=O) groups excluding carboxylic acids is 3. The molecule has 0 radical (unpaired) electrons. The standard InChI is InChI=1S/C17H18N2O5/c1-10-3-4-13-12(9-23-14(13)7-10)8-15(20)24-11(2)16(21)19-6-5-18-17(19)22/h3-4,7,9,11H,5-6,8H2,1-2H3,(H,18,22)/t11-/m0/s1. The summed E-state index contributed by atoms with van der Waals surface area (Å²) < 4.78 is 10.6. The maximum absolute atomic E-state index is 12.1. The van der Waals surface area contributed by atoms with Gasteiger partial charge in [-0.15, -0.1) is 0 Å². The van der Waals surface area contributed by atoms with E-state index in [1.807, 2.05) is 25.1 Å². The Morgan fingerprint density at radius 1 is 1.42 bits per heavy atom. The van der Waals surface area contributed by atoms with Crippen LogP contribution in [0.4, 0.5) is 4.79 Å². The molecule has 2 heterocycles. The van der Waals surface area contributed by atoms with E-state index in [4.69, 9.17) is 9.15 Å². The van der Waals surface area contributed by atoms with Crippen LogP contribution in [0.3, 0.4) is 0 Å². The molecule has 126 valence electrons. The van der Waals surface area contributed by atoms with Crippen molar-refractivity contribution in [2.75, 3.05) is 13.1 Å². The smallest absolute Gasteiger partial charge is 0.324 e. The predicted molar refractivity (Wildman–Crippen MR) is 85.3 cm³/mol. The zero-order valence-corrected chi connectivity index (χ0v) is 13.5. The van der Waals surface area contributed by atoms with E-state index in [-0.39, 0.29) is 13.0 Å². The van der Waals surface area contributed by atoms with Gasteiger partial charge in [-0.2, -0.15) is 0 Å². The van der Waals surface area contributed by atoms with Gasteiger partial charge in [-0.1, -0.05) is 12.1 Å². The fourth-order valence-electron chi connectivity index (χ4n) is 2.67. The number of rotatable bonds is 4. The molecule has 1 N–H and O–H groups in total. The zero-order chi connectivity index (χ0) is 17.3. The van der Waals surface area contributed by atoms with Crippen LogP contribution in [0.5, 0.6) is 0 Å². The lowest BCUT2D eigenvalue weighted by molar-refractivity contribution is -0.156. The SMILES string of the molecule is Cc1ccc2c(CC(=O)O[C@@H](C)C(=O)N3CCNC3=O)coc2c1.